The van der Waals surface area contributed by atoms with Crippen molar-refractivity contribution in [2.24, 2.45) is 0 Å². The van der Waals surface area contributed by atoms with Gasteiger partial charge in [0.2, 0.25) is 20.3 Å². The van der Waals surface area contributed by atoms with Crippen LogP contribution < -0.4 is 0 Å². The van der Waals surface area contributed by atoms with Crippen LogP contribution in [0.4, 0.5) is 0 Å². The Balaban J connectivity index is 2.09. The summed E-state index contributed by atoms with van der Waals surface area (Å²) in [4.78, 5) is 0.250. The van der Waals surface area contributed by atoms with Crippen LogP contribution in [0.15, 0.2) is 59.5 Å². The Morgan fingerprint density at radius 2 is 1.65 bits per heavy atom. The van der Waals surface area contributed by atoms with Crippen molar-refractivity contribution in [3.63, 3.8) is 0 Å². The van der Waals surface area contributed by atoms with Gasteiger partial charge in [-0.1, -0.05) is 48.4 Å². The lowest BCUT2D eigenvalue weighted by molar-refractivity contribution is 0.307. The molecule has 1 aliphatic heterocycles. The van der Waals surface area contributed by atoms with Crippen LogP contribution in [0.25, 0.3) is 0 Å². The quantitative estimate of drug-likeness (QED) is 0.572. The van der Waals surface area contributed by atoms with E-state index in [9.17, 15) is 16.8 Å². The summed E-state index contributed by atoms with van der Waals surface area (Å²) < 4.78 is 51.5. The summed E-state index contributed by atoms with van der Waals surface area (Å²) in [6.45, 7) is 0.288. The molecule has 1 unspecified atom stereocenters. The van der Waals surface area contributed by atoms with Crippen LogP contribution in [0.2, 0.25) is 5.02 Å². The van der Waals surface area contributed by atoms with E-state index in [-0.39, 0.29) is 16.3 Å². The van der Waals surface area contributed by atoms with Crippen molar-refractivity contribution in [3.8, 4) is 0 Å². The van der Waals surface area contributed by atoms with Gasteiger partial charge in [0.1, 0.15) is 0 Å². The Bertz CT molecular complexity index is 1010. The summed E-state index contributed by atoms with van der Waals surface area (Å²) in [5, 5.41) is 0.488. The zero-order valence-electron chi connectivity index (χ0n) is 13.9. The third-order valence-electron chi connectivity index (χ3n) is 4.41. The van der Waals surface area contributed by atoms with Crippen LogP contribution >= 0.6 is 11.6 Å². The lowest BCUT2D eigenvalue weighted by Gasteiger charge is -2.34. The van der Waals surface area contributed by atoms with Gasteiger partial charge in [-0.3, -0.25) is 0 Å². The summed E-state index contributed by atoms with van der Waals surface area (Å²) in [6, 6.07) is 13.8. The Morgan fingerprint density at radius 1 is 1.00 bits per heavy atom. The van der Waals surface area contributed by atoms with Crippen LogP contribution in [0, 0.1) is 0 Å². The maximum absolute atomic E-state index is 13.1. The molecule has 0 bridgehead atoms. The first kappa shape index (κ1) is 19.1. The Hall–Kier alpha value is -1.67. The number of hydrogen-bond donors (Lipinski definition) is 0. The van der Waals surface area contributed by atoms with Gasteiger partial charge in [-0.05, 0) is 42.7 Å². The number of piperidine rings is 1. The Morgan fingerprint density at radius 3 is 2.27 bits per heavy atom. The van der Waals surface area contributed by atoms with Gasteiger partial charge in [-0.25, -0.2) is 8.42 Å². The first-order chi connectivity index (χ1) is 12.4. The van der Waals surface area contributed by atoms with E-state index in [1.165, 1.54) is 16.4 Å². The number of sulfonamides is 1. The number of halogens is 1. The van der Waals surface area contributed by atoms with E-state index in [0.29, 0.717) is 23.4 Å². The van der Waals surface area contributed by atoms with E-state index in [1.54, 1.807) is 42.5 Å². The van der Waals surface area contributed by atoms with Gasteiger partial charge < -0.3 is 0 Å². The summed E-state index contributed by atoms with van der Waals surface area (Å²) in [7, 11) is -6.35. The maximum Gasteiger partial charge on any atom is 0.243 e. The molecule has 1 aliphatic rings. The summed E-state index contributed by atoms with van der Waals surface area (Å²) >= 11 is 5.89. The van der Waals surface area contributed by atoms with Crippen molar-refractivity contribution in [1.29, 1.82) is 0 Å². The van der Waals surface area contributed by atoms with E-state index in [2.05, 4.69) is 0 Å². The smallest absolute Gasteiger partial charge is 0.207 e. The second kappa shape index (κ2) is 7.92. The molecule has 0 aliphatic carbocycles. The third kappa shape index (κ3) is 3.86. The molecule has 138 valence electrons. The maximum atomic E-state index is 13.1. The second-order valence-corrected chi connectivity index (χ2v) is 9.28. The van der Waals surface area contributed by atoms with Crippen LogP contribution in [-0.2, 0) is 20.3 Å². The monoisotopic (exact) mass is 411 g/mol. The first-order valence-electron chi connectivity index (χ1n) is 8.20. The van der Waals surface area contributed by atoms with Gasteiger partial charge in [-0.2, -0.15) is 12.7 Å². The van der Waals surface area contributed by atoms with Crippen molar-refractivity contribution in [2.45, 2.75) is 30.2 Å². The van der Waals surface area contributed by atoms with Gasteiger partial charge in [-0.15, -0.1) is 0 Å². The highest BCUT2D eigenvalue weighted by Crippen LogP contribution is 2.28. The van der Waals surface area contributed by atoms with Crippen LogP contribution in [-0.4, -0.2) is 38.6 Å². The molecule has 0 amide bonds. The van der Waals surface area contributed by atoms with Crippen LogP contribution in [0.3, 0.4) is 0 Å². The first-order valence-corrected chi connectivity index (χ1v) is 11.1. The molecule has 8 heteroatoms. The molecule has 2 aromatic carbocycles. The predicted octanol–water partition coefficient (Wildman–Crippen LogP) is 2.98. The van der Waals surface area contributed by atoms with Gasteiger partial charge in [0, 0.05) is 11.6 Å². The third-order valence-corrected chi connectivity index (χ3v) is 7.46. The molecule has 0 aromatic heterocycles. The zero-order valence-corrected chi connectivity index (χ0v) is 16.3. The lowest BCUT2D eigenvalue weighted by atomic mass is 9.97. The van der Waals surface area contributed by atoms with Crippen LogP contribution in [0.5, 0.6) is 0 Å². The van der Waals surface area contributed by atoms with Crippen molar-refractivity contribution in [3.05, 3.63) is 65.2 Å². The highest BCUT2D eigenvalue weighted by Gasteiger charge is 2.37. The van der Waals surface area contributed by atoms with Crippen molar-refractivity contribution in [1.82, 2.24) is 4.31 Å². The molecular formula is C18H18ClNO4S2. The lowest BCUT2D eigenvalue weighted by Crippen LogP contribution is -2.48. The average Bonchev–Trinajstić information content (AvgIpc) is 2.64. The standard InChI is InChI=1S/C18H18ClNO4S2/c19-15-11-9-14(10-12-15)18(25(21)22)17-8-4-5-13-20(17)26(23,24)16-6-2-1-3-7-16/h1-3,6-7,9-12,17H,4-5,8,13H2. The number of benzene rings is 2. The van der Waals surface area contributed by atoms with Crippen molar-refractivity contribution in [2.75, 3.05) is 6.54 Å². The van der Waals surface area contributed by atoms with Crippen LogP contribution in [0.1, 0.15) is 24.8 Å². The molecule has 2 aromatic rings. The number of hydrogen-bond acceptors (Lipinski definition) is 4. The van der Waals surface area contributed by atoms with E-state index in [0.717, 1.165) is 6.42 Å². The van der Waals surface area contributed by atoms with E-state index in [4.69, 9.17) is 11.6 Å². The molecule has 1 saturated heterocycles. The fourth-order valence-electron chi connectivity index (χ4n) is 3.20. The molecule has 5 nitrogen and oxygen atoms in total. The topological polar surface area (TPSA) is 71.5 Å². The van der Waals surface area contributed by atoms with Gasteiger partial charge in [0.15, 0.2) is 0 Å². The number of rotatable bonds is 4. The fraction of sp³-hybridized carbons (Fsp3) is 0.278. The number of nitrogens with zero attached hydrogens (tertiary/aromatic N) is 1. The predicted molar refractivity (Wildman–Crippen MR) is 102 cm³/mol. The minimum absolute atomic E-state index is 0.0841. The SMILES string of the molecule is O=S(=O)=C(c1ccc(Cl)cc1)C1CCCCN1S(=O)(=O)c1ccccc1. The molecule has 0 saturated carbocycles. The van der Waals surface area contributed by atoms with Gasteiger partial charge in [0.25, 0.3) is 0 Å². The molecule has 0 spiro atoms. The molecular weight excluding hydrogens is 394 g/mol. The van der Waals surface area contributed by atoms with E-state index >= 15 is 0 Å². The normalized spacial score (nSPS) is 18.4. The molecule has 1 atom stereocenters. The molecule has 1 heterocycles. The van der Waals surface area contributed by atoms with Crippen molar-refractivity contribution < 1.29 is 16.8 Å². The fourth-order valence-corrected chi connectivity index (χ4v) is 5.87. The summed E-state index contributed by atoms with van der Waals surface area (Å²) in [5.41, 5.74) is 0.461. The molecule has 3 rings (SSSR count). The minimum atomic E-state index is -3.79. The van der Waals surface area contributed by atoms with E-state index < -0.39 is 26.4 Å². The summed E-state index contributed by atoms with van der Waals surface area (Å²) in [6.07, 6.45) is 1.92. The highest BCUT2D eigenvalue weighted by molar-refractivity contribution is 7.89. The molecule has 0 N–H and O–H groups in total. The largest absolute Gasteiger partial charge is 0.243 e. The summed E-state index contributed by atoms with van der Waals surface area (Å²) in [5.74, 6) is 0. The van der Waals surface area contributed by atoms with Gasteiger partial charge >= 0.3 is 0 Å². The van der Waals surface area contributed by atoms with Gasteiger partial charge in [0.05, 0.1) is 15.8 Å². The molecule has 0 radical (unpaired) electrons. The Kier molecular flexibility index (Phi) is 5.82. The Labute approximate surface area is 159 Å². The molecule has 1 fully saturated rings. The minimum Gasteiger partial charge on any atom is -0.207 e. The molecule has 26 heavy (non-hydrogen) atoms. The highest BCUT2D eigenvalue weighted by atomic mass is 35.5. The zero-order chi connectivity index (χ0) is 18.7. The average molecular weight is 412 g/mol. The van der Waals surface area contributed by atoms with E-state index in [1.807, 2.05) is 0 Å². The second-order valence-electron chi connectivity index (χ2n) is 6.05. The van der Waals surface area contributed by atoms with Crippen molar-refractivity contribution >= 4 is 36.8 Å².